The number of esters is 1. The minimum absolute atomic E-state index is 0.163. The largest absolute Gasteiger partial charge is 0.493 e. The van der Waals surface area contributed by atoms with Crippen molar-refractivity contribution in [1.29, 1.82) is 0 Å². The Balaban J connectivity index is 1.57. The van der Waals surface area contributed by atoms with E-state index in [1.54, 1.807) is 31.2 Å². The van der Waals surface area contributed by atoms with Gasteiger partial charge in [-0.3, -0.25) is 4.79 Å². The fourth-order valence-electron chi connectivity index (χ4n) is 5.41. The van der Waals surface area contributed by atoms with Gasteiger partial charge >= 0.3 is 5.97 Å². The Bertz CT molecular complexity index is 1680. The van der Waals surface area contributed by atoms with Crippen LogP contribution in [-0.2, 0) is 9.53 Å². The molecule has 0 aromatic heterocycles. The fourth-order valence-corrected chi connectivity index (χ4v) is 5.41. The zero-order chi connectivity index (χ0) is 35.4. The average Bonchev–Trinajstić information content (AvgIpc) is 3.15. The Morgan fingerprint density at radius 1 is 0.620 bits per heavy atom. The van der Waals surface area contributed by atoms with Crippen molar-refractivity contribution >= 4 is 23.1 Å². The SMILES string of the molecule is C=C(C)C(=O)OCCCCCCOc1cc(OCCCCCCCC)c(N=Nc2ccccc2-c2ccccc2)cc1C(=O)c1ccccc1. The highest BCUT2D eigenvalue weighted by Gasteiger charge is 2.20. The summed E-state index contributed by atoms with van der Waals surface area (Å²) in [7, 11) is 0. The third-order valence-corrected chi connectivity index (χ3v) is 8.23. The van der Waals surface area contributed by atoms with Crippen LogP contribution < -0.4 is 9.47 Å². The first-order valence-electron chi connectivity index (χ1n) is 17.9. The summed E-state index contributed by atoms with van der Waals surface area (Å²) in [6, 6.07) is 30.7. The molecule has 4 aromatic carbocycles. The van der Waals surface area contributed by atoms with Crippen LogP contribution in [-0.4, -0.2) is 31.6 Å². The number of ketones is 1. The summed E-state index contributed by atoms with van der Waals surface area (Å²) in [6.07, 6.45) is 10.2. The summed E-state index contributed by atoms with van der Waals surface area (Å²) in [5.74, 6) is 0.458. The van der Waals surface area contributed by atoms with E-state index in [0.717, 1.165) is 49.7 Å². The molecule has 262 valence electrons. The lowest BCUT2D eigenvalue weighted by atomic mass is 10.0. The molecule has 50 heavy (non-hydrogen) atoms. The number of ether oxygens (including phenoxy) is 3. The zero-order valence-corrected chi connectivity index (χ0v) is 29.6. The van der Waals surface area contributed by atoms with Crippen LogP contribution in [0.5, 0.6) is 11.5 Å². The summed E-state index contributed by atoms with van der Waals surface area (Å²) in [6.45, 7) is 8.78. The minimum Gasteiger partial charge on any atom is -0.493 e. The van der Waals surface area contributed by atoms with Gasteiger partial charge in [-0.05, 0) is 56.7 Å². The second-order valence-electron chi connectivity index (χ2n) is 12.4. The van der Waals surface area contributed by atoms with E-state index >= 15 is 0 Å². The third-order valence-electron chi connectivity index (χ3n) is 8.23. The van der Waals surface area contributed by atoms with Crippen molar-refractivity contribution in [3.63, 3.8) is 0 Å². The molecule has 0 radical (unpaired) electrons. The Kier molecular flexibility index (Phi) is 16.0. The van der Waals surface area contributed by atoms with Gasteiger partial charge in [0, 0.05) is 22.8 Å². The number of unbranched alkanes of at least 4 members (excludes halogenated alkanes) is 8. The maximum absolute atomic E-state index is 13.9. The molecule has 0 saturated heterocycles. The third kappa shape index (κ3) is 12.1. The highest BCUT2D eigenvalue weighted by atomic mass is 16.5. The van der Waals surface area contributed by atoms with Crippen molar-refractivity contribution in [3.05, 3.63) is 120 Å². The van der Waals surface area contributed by atoms with Crippen LogP contribution in [0.3, 0.4) is 0 Å². The van der Waals surface area contributed by atoms with Gasteiger partial charge in [0.1, 0.15) is 11.4 Å². The molecule has 4 aromatic rings. The second kappa shape index (κ2) is 21.1. The number of hydrogen-bond donors (Lipinski definition) is 0. The van der Waals surface area contributed by atoms with Crippen LogP contribution in [0.2, 0.25) is 0 Å². The molecule has 0 spiro atoms. The highest BCUT2D eigenvalue weighted by Crippen LogP contribution is 2.39. The number of hydrogen-bond acceptors (Lipinski definition) is 7. The van der Waals surface area contributed by atoms with Crippen LogP contribution in [0.4, 0.5) is 11.4 Å². The molecule has 7 heteroatoms. The molecule has 4 rings (SSSR count). The van der Waals surface area contributed by atoms with E-state index in [1.807, 2.05) is 72.8 Å². The lowest BCUT2D eigenvalue weighted by Gasteiger charge is -2.16. The first kappa shape index (κ1) is 37.8. The molecular weight excluding hydrogens is 624 g/mol. The van der Waals surface area contributed by atoms with Crippen LogP contribution in [0, 0.1) is 0 Å². The Morgan fingerprint density at radius 3 is 1.86 bits per heavy atom. The molecule has 0 aliphatic rings. The van der Waals surface area contributed by atoms with Gasteiger partial charge in [0.15, 0.2) is 11.5 Å². The van der Waals surface area contributed by atoms with Gasteiger partial charge in [0.05, 0.1) is 31.1 Å². The summed E-state index contributed by atoms with van der Waals surface area (Å²) in [5.41, 5.74) is 4.54. The van der Waals surface area contributed by atoms with Gasteiger partial charge in [-0.2, -0.15) is 0 Å². The number of nitrogens with zero attached hydrogens (tertiary/aromatic N) is 2. The Morgan fingerprint density at radius 2 is 1.18 bits per heavy atom. The number of azo groups is 1. The monoisotopic (exact) mass is 674 g/mol. The van der Waals surface area contributed by atoms with Crippen molar-refractivity contribution in [1.82, 2.24) is 0 Å². The van der Waals surface area contributed by atoms with Gasteiger partial charge in [0.2, 0.25) is 0 Å². The molecule has 0 fully saturated rings. The first-order chi connectivity index (χ1) is 24.5. The van der Waals surface area contributed by atoms with E-state index in [9.17, 15) is 9.59 Å². The molecular formula is C43H50N2O5. The van der Waals surface area contributed by atoms with E-state index in [4.69, 9.17) is 19.3 Å². The molecule has 0 aliphatic heterocycles. The van der Waals surface area contributed by atoms with Crippen molar-refractivity contribution in [2.75, 3.05) is 19.8 Å². The average molecular weight is 675 g/mol. The predicted molar refractivity (Wildman–Crippen MR) is 201 cm³/mol. The van der Waals surface area contributed by atoms with Gasteiger partial charge in [-0.15, -0.1) is 10.2 Å². The molecule has 0 atom stereocenters. The second-order valence-corrected chi connectivity index (χ2v) is 12.4. The number of carbonyl (C=O) groups excluding carboxylic acids is 2. The zero-order valence-electron chi connectivity index (χ0n) is 29.6. The maximum atomic E-state index is 13.9. The number of benzene rings is 4. The summed E-state index contributed by atoms with van der Waals surface area (Å²) >= 11 is 0. The Labute approximate surface area is 297 Å². The van der Waals surface area contributed by atoms with Crippen molar-refractivity contribution in [2.24, 2.45) is 10.2 Å². The van der Waals surface area contributed by atoms with Gasteiger partial charge in [0.25, 0.3) is 0 Å². The molecule has 0 saturated carbocycles. The van der Waals surface area contributed by atoms with Gasteiger partial charge in [-0.1, -0.05) is 124 Å². The Hall–Kier alpha value is -5.04. The first-order valence-corrected chi connectivity index (χ1v) is 17.9. The van der Waals surface area contributed by atoms with Gasteiger partial charge in [-0.25, -0.2) is 4.79 Å². The topological polar surface area (TPSA) is 86.6 Å². The number of rotatable bonds is 22. The lowest BCUT2D eigenvalue weighted by Crippen LogP contribution is -2.08. The highest BCUT2D eigenvalue weighted by molar-refractivity contribution is 6.11. The van der Waals surface area contributed by atoms with E-state index in [1.165, 1.54) is 25.7 Å². The van der Waals surface area contributed by atoms with Crippen LogP contribution in [0.1, 0.15) is 94.0 Å². The standard InChI is InChI=1S/C43H50N2O5/c1-4-5-6-7-8-19-29-49-41-32-40(48-28-20-9-10-21-30-50-43(47)33(2)3)37(42(46)35-24-15-12-16-25-35)31-39(41)45-44-38-27-18-17-26-36(38)34-22-13-11-14-23-34/h11-18,22-27,31-32H,2,4-10,19-21,28-30H2,1,3H3. The molecule has 0 amide bonds. The normalized spacial score (nSPS) is 11.0. The number of carbonyl (C=O) groups is 2. The fraction of sp³-hybridized carbons (Fsp3) is 0.349. The van der Waals surface area contributed by atoms with Crippen LogP contribution in [0.15, 0.2) is 119 Å². The quantitative estimate of drug-likeness (QED) is 0.0272. The lowest BCUT2D eigenvalue weighted by molar-refractivity contribution is -0.139. The summed E-state index contributed by atoms with van der Waals surface area (Å²) in [4.78, 5) is 25.5. The van der Waals surface area contributed by atoms with Gasteiger partial charge < -0.3 is 14.2 Å². The minimum atomic E-state index is -0.359. The van der Waals surface area contributed by atoms with Crippen molar-refractivity contribution in [2.45, 2.75) is 78.1 Å². The van der Waals surface area contributed by atoms with E-state index in [-0.39, 0.29) is 11.8 Å². The predicted octanol–water partition coefficient (Wildman–Crippen LogP) is 11.8. The molecule has 0 N–H and O–H groups in total. The molecule has 0 unspecified atom stereocenters. The molecule has 0 aliphatic carbocycles. The molecule has 0 heterocycles. The summed E-state index contributed by atoms with van der Waals surface area (Å²) < 4.78 is 17.8. The van der Waals surface area contributed by atoms with Crippen molar-refractivity contribution < 1.29 is 23.8 Å². The van der Waals surface area contributed by atoms with E-state index in [2.05, 4.69) is 18.6 Å². The summed E-state index contributed by atoms with van der Waals surface area (Å²) in [5, 5.41) is 9.37. The van der Waals surface area contributed by atoms with Crippen LogP contribution >= 0.6 is 0 Å². The molecule has 7 nitrogen and oxygen atoms in total. The molecule has 0 bridgehead atoms. The maximum Gasteiger partial charge on any atom is 0.333 e. The smallest absolute Gasteiger partial charge is 0.333 e. The van der Waals surface area contributed by atoms with E-state index in [0.29, 0.717) is 59.4 Å². The van der Waals surface area contributed by atoms with E-state index < -0.39 is 0 Å². The van der Waals surface area contributed by atoms with Crippen LogP contribution in [0.25, 0.3) is 11.1 Å². The van der Waals surface area contributed by atoms with Crippen molar-refractivity contribution in [3.8, 4) is 22.6 Å².